The molecular weight excluding hydrogens is 325 g/mol. The largest absolute Gasteiger partial charge is 0.813 e. The highest BCUT2D eigenvalue weighted by atomic mass is 31.1. The Hall–Kier alpha value is -0.700. The highest BCUT2D eigenvalue weighted by Crippen LogP contribution is 2.44. The first-order chi connectivity index (χ1) is 9.42. The third kappa shape index (κ3) is 8.47. The maximum Gasteiger partial charge on any atom is 0.813 e. The Morgan fingerprint density at radius 3 is 1.50 bits per heavy atom. The van der Waals surface area contributed by atoms with E-state index in [0.29, 0.717) is 13.2 Å². The average Bonchev–Trinajstić information content (AvgIpc) is 2.41. The molecule has 0 saturated heterocycles. The lowest BCUT2D eigenvalue weighted by Crippen LogP contribution is -1.91. The van der Waals surface area contributed by atoms with E-state index < -0.39 is 23.9 Å². The quantitative estimate of drug-likeness (QED) is 0.386. The van der Waals surface area contributed by atoms with Crippen LogP contribution >= 0.6 is 23.9 Å². The average molecular weight is 343 g/mol. The fourth-order valence-electron chi connectivity index (χ4n) is 0.774. The molecule has 0 aromatic rings. The van der Waals surface area contributed by atoms with Gasteiger partial charge in [0.25, 0.3) is 12.7 Å². The fourth-order valence-corrected chi connectivity index (χ4v) is 3.27. The number of ether oxygens (including phenoxy) is 2. The van der Waals surface area contributed by atoms with Crippen molar-refractivity contribution in [1.82, 2.24) is 0 Å². The molecule has 0 aromatic carbocycles. The van der Waals surface area contributed by atoms with E-state index in [0.717, 1.165) is 0 Å². The molecule has 7 nitrogen and oxygen atoms in total. The molecule has 0 rings (SSSR count). The Labute approximate surface area is 120 Å². The molecule has 0 heterocycles. The van der Waals surface area contributed by atoms with Crippen LogP contribution in [0.1, 0.15) is 13.8 Å². The lowest BCUT2D eigenvalue weighted by atomic mass is 10.9. The second kappa shape index (κ2) is 11.0. The summed E-state index contributed by atoms with van der Waals surface area (Å²) in [4.78, 5) is 0. The first kappa shape index (κ1) is 19.3. The molecule has 0 radical (unpaired) electrons. The van der Waals surface area contributed by atoms with E-state index in [-0.39, 0.29) is 23.7 Å². The third-order valence-electron chi connectivity index (χ3n) is 1.74. The molecule has 0 amide bonds. The summed E-state index contributed by atoms with van der Waals surface area (Å²) in [5.74, 6) is 0. The van der Waals surface area contributed by atoms with Gasteiger partial charge in [0.1, 0.15) is 0 Å². The van der Waals surface area contributed by atoms with E-state index in [1.165, 1.54) is 0 Å². The van der Waals surface area contributed by atoms with Crippen molar-refractivity contribution in [1.29, 1.82) is 0 Å². The Balaban J connectivity index is 4.15. The van der Waals surface area contributed by atoms with Crippen molar-refractivity contribution >= 4 is 23.9 Å². The van der Waals surface area contributed by atoms with Crippen LogP contribution in [-0.2, 0) is 32.2 Å². The topological polar surface area (TPSA) is 88.1 Å². The maximum atomic E-state index is 11.5. The minimum absolute atomic E-state index is 0.0760. The lowest BCUT2D eigenvalue weighted by Gasteiger charge is -1.90. The van der Waals surface area contributed by atoms with Crippen LogP contribution in [0, 0.1) is 0 Å². The molecule has 20 heavy (non-hydrogen) atoms. The minimum atomic E-state index is -2.68. The van der Waals surface area contributed by atoms with Crippen LogP contribution in [0.4, 0.5) is 0 Å². The molecule has 2 unspecified atom stereocenters. The van der Waals surface area contributed by atoms with Crippen LogP contribution in [-0.4, -0.2) is 25.9 Å². The Morgan fingerprint density at radius 1 is 0.850 bits per heavy atom. The van der Waals surface area contributed by atoms with Crippen molar-refractivity contribution in [2.45, 2.75) is 13.8 Å². The first-order valence-corrected chi connectivity index (χ1v) is 9.66. The van der Waals surface area contributed by atoms with Crippen LogP contribution in [0.15, 0.2) is 24.2 Å². The second-order valence-electron chi connectivity index (χ2n) is 3.19. The molecule has 0 aliphatic heterocycles. The molecule has 112 valence electrons. The molecule has 10 heteroatoms. The lowest BCUT2D eigenvalue weighted by molar-refractivity contribution is 0.192. The zero-order valence-corrected chi connectivity index (χ0v) is 14.1. The zero-order valence-electron chi connectivity index (χ0n) is 11.4. The van der Waals surface area contributed by atoms with Gasteiger partial charge in [0, 0.05) is 17.8 Å². The molecule has 0 spiro atoms. The van der Waals surface area contributed by atoms with Gasteiger partial charge in [-0.3, -0.25) is 0 Å². The van der Waals surface area contributed by atoms with Crippen molar-refractivity contribution in [3.63, 3.8) is 0 Å². The summed E-state index contributed by atoms with van der Waals surface area (Å²) in [7, 11) is -6.70. The van der Waals surface area contributed by atoms with Gasteiger partial charge in [0.2, 0.25) is 0 Å². The van der Waals surface area contributed by atoms with Gasteiger partial charge >= 0.3 is 34.9 Å². The van der Waals surface area contributed by atoms with Crippen LogP contribution in [0.25, 0.3) is 0 Å². The summed E-state index contributed by atoms with van der Waals surface area (Å²) in [6, 6.07) is 0. The fraction of sp³-hybridized carbons (Fsp3) is 0.600. The molecule has 0 aromatic heterocycles. The molecular formula is C10H18O7P3+3. The second-order valence-corrected chi connectivity index (χ2v) is 7.03. The maximum absolute atomic E-state index is 11.5. The Morgan fingerprint density at radius 2 is 1.20 bits per heavy atom. The SMILES string of the molecule is C=C(O[P+](=O)OC(=C)[P+](=O)COCC)[P+](=O)COCC. The predicted molar refractivity (Wildman–Crippen MR) is 76.3 cm³/mol. The highest BCUT2D eigenvalue weighted by Gasteiger charge is 2.40. The van der Waals surface area contributed by atoms with Crippen molar-refractivity contribution in [2.75, 3.05) is 25.9 Å². The third-order valence-corrected chi connectivity index (χ3v) is 4.90. The van der Waals surface area contributed by atoms with E-state index in [2.05, 4.69) is 13.2 Å². The van der Waals surface area contributed by atoms with Gasteiger partial charge < -0.3 is 9.47 Å². The summed E-state index contributed by atoms with van der Waals surface area (Å²) in [6.45, 7) is 11.0. The standard InChI is InChI=1S/C10H18O7P3/c1-5-14-7-18(11)9(3)16-20(13)17-10(4)19(12)8-15-6-2/h3-8H2,1-2H3/q+3. The van der Waals surface area contributed by atoms with Crippen LogP contribution in [0.2, 0.25) is 0 Å². The van der Waals surface area contributed by atoms with Gasteiger partial charge in [-0.25, -0.2) is 0 Å². The van der Waals surface area contributed by atoms with E-state index in [4.69, 9.17) is 18.5 Å². The zero-order chi connectivity index (χ0) is 15.5. The normalized spacial score (nSPS) is 12.4. The van der Waals surface area contributed by atoms with E-state index in [1.54, 1.807) is 13.8 Å². The molecule has 2 atom stereocenters. The van der Waals surface area contributed by atoms with Gasteiger partial charge in [-0.15, -0.1) is 0 Å². The molecule has 0 saturated carbocycles. The predicted octanol–water partition coefficient (Wildman–Crippen LogP) is 4.26. The first-order valence-electron chi connectivity index (χ1n) is 5.68. The number of hydrogen-bond acceptors (Lipinski definition) is 7. The molecule has 0 aliphatic rings. The van der Waals surface area contributed by atoms with E-state index in [9.17, 15) is 13.7 Å². The minimum Gasteiger partial charge on any atom is -0.337 e. The van der Waals surface area contributed by atoms with Crippen molar-refractivity contribution in [3.05, 3.63) is 24.2 Å². The van der Waals surface area contributed by atoms with Crippen LogP contribution in [0.5, 0.6) is 0 Å². The van der Waals surface area contributed by atoms with Crippen molar-refractivity contribution < 1.29 is 32.2 Å². The summed E-state index contributed by atoms with van der Waals surface area (Å²) < 4.78 is 53.8. The van der Waals surface area contributed by atoms with Crippen LogP contribution < -0.4 is 0 Å². The van der Waals surface area contributed by atoms with Gasteiger partial charge in [0.15, 0.2) is 0 Å². The molecule has 0 bridgehead atoms. The Bertz CT molecular complexity index is 372. The summed E-state index contributed by atoms with van der Waals surface area (Å²) in [5, 5.41) is 0. The van der Waals surface area contributed by atoms with E-state index in [1.807, 2.05) is 0 Å². The van der Waals surface area contributed by atoms with Gasteiger partial charge in [-0.1, -0.05) is 9.13 Å². The van der Waals surface area contributed by atoms with Gasteiger partial charge in [-0.05, 0) is 27.0 Å². The molecule has 0 fully saturated rings. The summed E-state index contributed by atoms with van der Waals surface area (Å²) in [6.07, 6.45) is -0.152. The highest BCUT2D eigenvalue weighted by molar-refractivity contribution is 7.51. The van der Waals surface area contributed by atoms with E-state index >= 15 is 0 Å². The summed E-state index contributed by atoms with van der Waals surface area (Å²) in [5.41, 5.74) is -0.412. The van der Waals surface area contributed by atoms with Crippen molar-refractivity contribution in [3.8, 4) is 0 Å². The number of rotatable bonds is 12. The Kier molecular flexibility index (Phi) is 10.6. The number of hydrogen-bond donors (Lipinski definition) is 0. The van der Waals surface area contributed by atoms with Crippen molar-refractivity contribution in [2.24, 2.45) is 0 Å². The summed E-state index contributed by atoms with van der Waals surface area (Å²) >= 11 is 0. The molecule has 0 N–H and O–H groups in total. The van der Waals surface area contributed by atoms with Crippen LogP contribution in [0.3, 0.4) is 0 Å². The molecule has 0 aliphatic carbocycles. The smallest absolute Gasteiger partial charge is 0.337 e. The monoisotopic (exact) mass is 343 g/mol. The van der Waals surface area contributed by atoms with Gasteiger partial charge in [-0.2, -0.15) is 9.05 Å². The van der Waals surface area contributed by atoms with Gasteiger partial charge in [0.05, 0.1) is 0 Å².